The first-order valence-electron chi connectivity index (χ1n) is 5.16. The van der Waals surface area contributed by atoms with E-state index in [1.807, 2.05) is 12.1 Å². The molecule has 0 aliphatic rings. The summed E-state index contributed by atoms with van der Waals surface area (Å²) in [7, 11) is 0. The Morgan fingerprint density at radius 1 is 1.29 bits per heavy atom. The van der Waals surface area contributed by atoms with Gasteiger partial charge in [-0.2, -0.15) is 0 Å². The average Bonchev–Trinajstić information content (AvgIpc) is 2.75. The van der Waals surface area contributed by atoms with Crippen molar-refractivity contribution in [3.63, 3.8) is 0 Å². The van der Waals surface area contributed by atoms with Crippen LogP contribution >= 0.6 is 15.9 Å². The molecule has 3 rings (SSSR count). The summed E-state index contributed by atoms with van der Waals surface area (Å²) in [5.74, 6) is 0.819. The number of aryl methyl sites for hydroxylation is 1. The molecule has 0 atom stereocenters. The molecule has 2 aromatic heterocycles. The van der Waals surface area contributed by atoms with Crippen molar-refractivity contribution in [3.8, 4) is 11.4 Å². The molecule has 4 nitrogen and oxygen atoms in total. The molecule has 0 saturated carbocycles. The summed E-state index contributed by atoms with van der Waals surface area (Å²) in [6, 6.07) is 6.11. The number of benzene rings is 1. The van der Waals surface area contributed by atoms with Crippen molar-refractivity contribution >= 4 is 27.1 Å². The Hall–Kier alpha value is -1.75. The number of H-pyrrole nitrogens is 1. The minimum Gasteiger partial charge on any atom is -0.335 e. The highest BCUT2D eigenvalue weighted by molar-refractivity contribution is 9.10. The highest BCUT2D eigenvalue weighted by atomic mass is 79.9. The zero-order chi connectivity index (χ0) is 11.8. The first-order chi connectivity index (χ1) is 8.24. The second-order valence-electron chi connectivity index (χ2n) is 3.80. The molecule has 0 amide bonds. The second-order valence-corrected chi connectivity index (χ2v) is 4.72. The minimum absolute atomic E-state index is 0.689. The van der Waals surface area contributed by atoms with Crippen LogP contribution in [0, 0.1) is 6.92 Å². The van der Waals surface area contributed by atoms with E-state index in [-0.39, 0.29) is 0 Å². The third-order valence-corrected chi connectivity index (χ3v) is 3.11. The standard InChI is InChI=1S/C12H9BrN4/c1-7-2-3-8(13)4-9(7)11-16-10-5-14-6-15-12(10)17-11/h2-6H,1H3,(H,14,15,16,17). The lowest BCUT2D eigenvalue weighted by Gasteiger charge is -2.02. The molecule has 0 bridgehead atoms. The third-order valence-electron chi connectivity index (χ3n) is 2.62. The van der Waals surface area contributed by atoms with E-state index in [4.69, 9.17) is 0 Å². The van der Waals surface area contributed by atoms with Gasteiger partial charge in [0.05, 0.1) is 6.20 Å². The Morgan fingerprint density at radius 3 is 3.00 bits per heavy atom. The summed E-state index contributed by atoms with van der Waals surface area (Å²) in [6.45, 7) is 2.06. The molecule has 1 aromatic carbocycles. The third kappa shape index (κ3) is 1.82. The van der Waals surface area contributed by atoms with E-state index >= 15 is 0 Å². The maximum absolute atomic E-state index is 4.46. The fraction of sp³-hybridized carbons (Fsp3) is 0.0833. The molecular formula is C12H9BrN4. The van der Waals surface area contributed by atoms with Crippen LogP contribution < -0.4 is 0 Å². The topological polar surface area (TPSA) is 54.5 Å². The lowest BCUT2D eigenvalue weighted by molar-refractivity contribution is 1.20. The largest absolute Gasteiger partial charge is 0.335 e. The number of hydrogen-bond donors (Lipinski definition) is 1. The molecule has 0 spiro atoms. The van der Waals surface area contributed by atoms with Gasteiger partial charge in [-0.05, 0) is 24.6 Å². The van der Waals surface area contributed by atoms with Crippen LogP contribution in [0.25, 0.3) is 22.6 Å². The van der Waals surface area contributed by atoms with Crippen molar-refractivity contribution in [1.29, 1.82) is 0 Å². The van der Waals surface area contributed by atoms with Crippen molar-refractivity contribution in [3.05, 3.63) is 40.8 Å². The molecule has 84 valence electrons. The van der Waals surface area contributed by atoms with Gasteiger partial charge in [0, 0.05) is 10.0 Å². The molecule has 2 heterocycles. The van der Waals surface area contributed by atoms with E-state index in [0.717, 1.165) is 21.4 Å². The van der Waals surface area contributed by atoms with Gasteiger partial charge in [-0.3, -0.25) is 0 Å². The van der Waals surface area contributed by atoms with Crippen molar-refractivity contribution in [2.45, 2.75) is 6.92 Å². The van der Waals surface area contributed by atoms with E-state index in [1.54, 1.807) is 6.20 Å². The SMILES string of the molecule is Cc1ccc(Br)cc1-c1nc2ncncc2[nH]1. The van der Waals surface area contributed by atoms with Crippen molar-refractivity contribution < 1.29 is 0 Å². The number of nitrogens with one attached hydrogen (secondary N) is 1. The number of hydrogen-bond acceptors (Lipinski definition) is 3. The van der Waals surface area contributed by atoms with E-state index in [2.05, 4.69) is 48.9 Å². The number of aromatic amines is 1. The average molecular weight is 289 g/mol. The Bertz CT molecular complexity index is 657. The Kier molecular flexibility index (Phi) is 2.40. The summed E-state index contributed by atoms with van der Waals surface area (Å²) in [5.41, 5.74) is 3.77. The number of aromatic nitrogens is 4. The number of fused-ring (bicyclic) bond motifs is 1. The maximum Gasteiger partial charge on any atom is 0.181 e. The lowest BCUT2D eigenvalue weighted by atomic mass is 10.1. The smallest absolute Gasteiger partial charge is 0.181 e. The monoisotopic (exact) mass is 288 g/mol. The van der Waals surface area contributed by atoms with E-state index < -0.39 is 0 Å². The Labute approximate surface area is 106 Å². The molecule has 0 aliphatic heterocycles. The van der Waals surface area contributed by atoms with Crippen LogP contribution in [0.5, 0.6) is 0 Å². The number of nitrogens with zero attached hydrogens (tertiary/aromatic N) is 3. The number of halogens is 1. The van der Waals surface area contributed by atoms with Crippen molar-refractivity contribution in [2.75, 3.05) is 0 Å². The van der Waals surface area contributed by atoms with Gasteiger partial charge >= 0.3 is 0 Å². The van der Waals surface area contributed by atoms with Crippen LogP contribution in [-0.2, 0) is 0 Å². The van der Waals surface area contributed by atoms with Gasteiger partial charge in [-0.15, -0.1) is 0 Å². The van der Waals surface area contributed by atoms with Gasteiger partial charge in [0.25, 0.3) is 0 Å². The van der Waals surface area contributed by atoms with Crippen LogP contribution in [0.15, 0.2) is 35.2 Å². The molecule has 1 N–H and O–H groups in total. The highest BCUT2D eigenvalue weighted by Crippen LogP contribution is 2.25. The van der Waals surface area contributed by atoms with Crippen LogP contribution in [0.1, 0.15) is 5.56 Å². The number of imidazole rings is 1. The molecular weight excluding hydrogens is 280 g/mol. The summed E-state index contributed by atoms with van der Waals surface area (Å²) in [6.07, 6.45) is 3.23. The summed E-state index contributed by atoms with van der Waals surface area (Å²) in [5, 5.41) is 0. The Morgan fingerprint density at radius 2 is 2.18 bits per heavy atom. The summed E-state index contributed by atoms with van der Waals surface area (Å²) in [4.78, 5) is 15.8. The van der Waals surface area contributed by atoms with E-state index in [1.165, 1.54) is 11.9 Å². The first-order valence-corrected chi connectivity index (χ1v) is 5.95. The highest BCUT2D eigenvalue weighted by Gasteiger charge is 2.08. The fourth-order valence-electron chi connectivity index (χ4n) is 1.74. The van der Waals surface area contributed by atoms with Gasteiger partial charge in [-0.25, -0.2) is 15.0 Å². The van der Waals surface area contributed by atoms with Crippen LogP contribution in [0.4, 0.5) is 0 Å². The Balaban J connectivity index is 2.23. The normalized spacial score (nSPS) is 10.9. The molecule has 3 aromatic rings. The van der Waals surface area contributed by atoms with E-state index in [9.17, 15) is 0 Å². The number of rotatable bonds is 1. The van der Waals surface area contributed by atoms with Gasteiger partial charge < -0.3 is 4.98 Å². The predicted molar refractivity (Wildman–Crippen MR) is 69.6 cm³/mol. The zero-order valence-corrected chi connectivity index (χ0v) is 10.7. The molecule has 0 unspecified atom stereocenters. The minimum atomic E-state index is 0.689. The quantitative estimate of drug-likeness (QED) is 0.749. The second kappa shape index (κ2) is 3.92. The molecule has 0 radical (unpaired) electrons. The fourth-order valence-corrected chi connectivity index (χ4v) is 2.10. The van der Waals surface area contributed by atoms with Gasteiger partial charge in [0.2, 0.25) is 0 Å². The summed E-state index contributed by atoms with van der Waals surface area (Å²) < 4.78 is 1.03. The molecule has 5 heteroatoms. The van der Waals surface area contributed by atoms with Crippen LogP contribution in [0.3, 0.4) is 0 Å². The van der Waals surface area contributed by atoms with E-state index in [0.29, 0.717) is 5.65 Å². The predicted octanol–water partition coefficient (Wildman–Crippen LogP) is 3.09. The maximum atomic E-state index is 4.46. The zero-order valence-electron chi connectivity index (χ0n) is 9.11. The van der Waals surface area contributed by atoms with Crippen molar-refractivity contribution in [2.24, 2.45) is 0 Å². The molecule has 0 fully saturated rings. The van der Waals surface area contributed by atoms with Gasteiger partial charge in [-0.1, -0.05) is 22.0 Å². The summed E-state index contributed by atoms with van der Waals surface area (Å²) >= 11 is 3.47. The van der Waals surface area contributed by atoms with Gasteiger partial charge in [0.1, 0.15) is 17.7 Å². The first kappa shape index (κ1) is 10.4. The van der Waals surface area contributed by atoms with Crippen LogP contribution in [-0.4, -0.2) is 19.9 Å². The lowest BCUT2D eigenvalue weighted by Crippen LogP contribution is -1.85. The molecule has 0 aliphatic carbocycles. The van der Waals surface area contributed by atoms with Crippen molar-refractivity contribution in [1.82, 2.24) is 19.9 Å². The van der Waals surface area contributed by atoms with Crippen LogP contribution in [0.2, 0.25) is 0 Å². The molecule has 0 saturated heterocycles. The van der Waals surface area contributed by atoms with Gasteiger partial charge in [0.15, 0.2) is 5.65 Å². The molecule has 17 heavy (non-hydrogen) atoms.